The van der Waals surface area contributed by atoms with Gasteiger partial charge >= 0.3 is 0 Å². The van der Waals surface area contributed by atoms with E-state index in [4.69, 9.17) is 5.73 Å². The fourth-order valence-electron chi connectivity index (χ4n) is 3.27. The Balaban J connectivity index is 2.02. The van der Waals surface area contributed by atoms with Gasteiger partial charge in [-0.2, -0.15) is 0 Å². The first-order valence-electron chi connectivity index (χ1n) is 8.43. The zero-order valence-corrected chi connectivity index (χ0v) is 13.9. The molecule has 0 spiro atoms. The topological polar surface area (TPSA) is 26.0 Å². The van der Waals surface area contributed by atoms with Gasteiger partial charge in [0.15, 0.2) is 0 Å². The molecule has 0 saturated carbocycles. The highest BCUT2D eigenvalue weighted by Gasteiger charge is 2.13. The van der Waals surface area contributed by atoms with E-state index in [1.54, 1.807) is 0 Å². The first-order chi connectivity index (χ1) is 12.3. The van der Waals surface area contributed by atoms with Crippen LogP contribution in [0.2, 0.25) is 0 Å². The van der Waals surface area contributed by atoms with Crippen LogP contribution in [0.4, 0.5) is 5.69 Å². The Hall–Kier alpha value is -3.32. The minimum Gasteiger partial charge on any atom is -0.399 e. The Morgan fingerprint density at radius 1 is 0.440 bits per heavy atom. The molecule has 4 aromatic carbocycles. The summed E-state index contributed by atoms with van der Waals surface area (Å²) in [7, 11) is 0. The van der Waals surface area contributed by atoms with Gasteiger partial charge in [-0.3, -0.25) is 0 Å². The second-order valence-corrected chi connectivity index (χ2v) is 6.09. The van der Waals surface area contributed by atoms with Crippen LogP contribution in [-0.2, 0) is 0 Å². The predicted molar refractivity (Wildman–Crippen MR) is 107 cm³/mol. The van der Waals surface area contributed by atoms with Crippen LogP contribution in [0.5, 0.6) is 0 Å². The molecule has 25 heavy (non-hydrogen) atoms. The molecule has 0 saturated heterocycles. The molecule has 0 aliphatic heterocycles. The Kier molecular flexibility index (Phi) is 4.05. The van der Waals surface area contributed by atoms with E-state index in [-0.39, 0.29) is 0 Å². The summed E-state index contributed by atoms with van der Waals surface area (Å²) in [5.74, 6) is 0. The SMILES string of the molecule is Nc1cccc(-c2cccc(-c3ccccc3)c2-c2ccccc2)c1. The third kappa shape index (κ3) is 3.05. The van der Waals surface area contributed by atoms with Crippen molar-refractivity contribution >= 4 is 5.69 Å². The summed E-state index contributed by atoms with van der Waals surface area (Å²) in [6.07, 6.45) is 0. The van der Waals surface area contributed by atoms with E-state index in [0.717, 1.165) is 11.3 Å². The number of benzene rings is 4. The third-order valence-corrected chi connectivity index (χ3v) is 4.41. The van der Waals surface area contributed by atoms with Gasteiger partial charge in [-0.1, -0.05) is 91.0 Å². The number of hydrogen-bond acceptors (Lipinski definition) is 1. The average Bonchev–Trinajstić information content (AvgIpc) is 2.69. The summed E-state index contributed by atoms with van der Waals surface area (Å²) in [4.78, 5) is 0. The molecule has 0 atom stereocenters. The van der Waals surface area contributed by atoms with Crippen molar-refractivity contribution in [1.29, 1.82) is 0 Å². The van der Waals surface area contributed by atoms with Crippen LogP contribution in [0, 0.1) is 0 Å². The maximum absolute atomic E-state index is 6.03. The van der Waals surface area contributed by atoms with Gasteiger partial charge in [-0.25, -0.2) is 0 Å². The van der Waals surface area contributed by atoms with Crippen molar-refractivity contribution < 1.29 is 0 Å². The van der Waals surface area contributed by atoms with Crippen LogP contribution in [-0.4, -0.2) is 0 Å². The molecule has 0 unspecified atom stereocenters. The van der Waals surface area contributed by atoms with E-state index >= 15 is 0 Å². The van der Waals surface area contributed by atoms with Crippen molar-refractivity contribution in [2.45, 2.75) is 0 Å². The van der Waals surface area contributed by atoms with Crippen LogP contribution < -0.4 is 5.73 Å². The van der Waals surface area contributed by atoms with Gasteiger partial charge in [0.25, 0.3) is 0 Å². The van der Waals surface area contributed by atoms with Gasteiger partial charge in [0.05, 0.1) is 0 Å². The number of nitrogen functional groups attached to an aromatic ring is 1. The number of hydrogen-bond donors (Lipinski definition) is 1. The Morgan fingerprint density at radius 2 is 0.960 bits per heavy atom. The van der Waals surface area contributed by atoms with Crippen LogP contribution in [0.1, 0.15) is 0 Å². The van der Waals surface area contributed by atoms with Crippen LogP contribution in [0.3, 0.4) is 0 Å². The van der Waals surface area contributed by atoms with Crippen LogP contribution in [0.15, 0.2) is 103 Å². The lowest BCUT2D eigenvalue weighted by atomic mass is 9.87. The maximum atomic E-state index is 6.03. The Bertz CT molecular complexity index is 989. The van der Waals surface area contributed by atoms with E-state index in [0.29, 0.717) is 0 Å². The molecule has 120 valence electrons. The van der Waals surface area contributed by atoms with E-state index in [1.807, 2.05) is 24.3 Å². The highest BCUT2D eigenvalue weighted by atomic mass is 14.5. The summed E-state index contributed by atoms with van der Waals surface area (Å²) in [6.45, 7) is 0. The van der Waals surface area contributed by atoms with Gasteiger partial charge in [0.2, 0.25) is 0 Å². The summed E-state index contributed by atoms with van der Waals surface area (Å²) < 4.78 is 0. The summed E-state index contributed by atoms with van der Waals surface area (Å²) in [5, 5.41) is 0. The first kappa shape index (κ1) is 15.2. The van der Waals surface area contributed by atoms with E-state index in [1.165, 1.54) is 27.8 Å². The highest BCUT2D eigenvalue weighted by Crippen LogP contribution is 2.40. The quantitative estimate of drug-likeness (QED) is 0.442. The molecule has 4 rings (SSSR count). The van der Waals surface area contributed by atoms with Crippen molar-refractivity contribution in [2.75, 3.05) is 5.73 Å². The molecule has 0 aliphatic rings. The molecule has 0 aliphatic carbocycles. The number of nitrogens with two attached hydrogens (primary N) is 1. The van der Waals surface area contributed by atoms with Crippen molar-refractivity contribution in [2.24, 2.45) is 0 Å². The molecule has 0 heterocycles. The molecule has 1 nitrogen and oxygen atoms in total. The number of anilines is 1. The predicted octanol–water partition coefficient (Wildman–Crippen LogP) is 6.27. The Labute approximate surface area is 148 Å². The summed E-state index contributed by atoms with van der Waals surface area (Å²) in [6, 6.07) is 35.6. The van der Waals surface area contributed by atoms with Crippen molar-refractivity contribution in [3.63, 3.8) is 0 Å². The standard InChI is InChI=1S/C24H19N/c25-21-14-7-13-20(17-21)23-16-8-15-22(18-9-3-1-4-10-18)24(23)19-11-5-2-6-12-19/h1-17H,25H2. The summed E-state index contributed by atoms with van der Waals surface area (Å²) in [5.41, 5.74) is 14.0. The smallest absolute Gasteiger partial charge is 0.0320 e. The maximum Gasteiger partial charge on any atom is 0.0320 e. The lowest BCUT2D eigenvalue weighted by Gasteiger charge is -2.16. The molecule has 0 aromatic heterocycles. The van der Waals surface area contributed by atoms with Crippen LogP contribution >= 0.6 is 0 Å². The van der Waals surface area contributed by atoms with Gasteiger partial charge < -0.3 is 5.73 Å². The molecule has 0 bridgehead atoms. The van der Waals surface area contributed by atoms with Crippen molar-refractivity contribution in [3.05, 3.63) is 103 Å². The van der Waals surface area contributed by atoms with Crippen LogP contribution in [0.25, 0.3) is 33.4 Å². The van der Waals surface area contributed by atoms with E-state index < -0.39 is 0 Å². The molecule has 4 aromatic rings. The largest absolute Gasteiger partial charge is 0.399 e. The van der Waals surface area contributed by atoms with Gasteiger partial charge in [0, 0.05) is 5.69 Å². The van der Waals surface area contributed by atoms with Gasteiger partial charge in [-0.05, 0) is 45.5 Å². The zero-order valence-electron chi connectivity index (χ0n) is 13.9. The van der Waals surface area contributed by atoms with E-state index in [2.05, 4.69) is 78.9 Å². The normalized spacial score (nSPS) is 10.6. The van der Waals surface area contributed by atoms with Crippen molar-refractivity contribution in [3.8, 4) is 33.4 Å². The molecular weight excluding hydrogens is 302 g/mol. The van der Waals surface area contributed by atoms with Crippen molar-refractivity contribution in [1.82, 2.24) is 0 Å². The fourth-order valence-corrected chi connectivity index (χ4v) is 3.27. The monoisotopic (exact) mass is 321 g/mol. The molecule has 0 radical (unpaired) electrons. The minimum atomic E-state index is 0.779. The van der Waals surface area contributed by atoms with E-state index in [9.17, 15) is 0 Å². The molecule has 0 amide bonds. The lowest BCUT2D eigenvalue weighted by Crippen LogP contribution is -1.91. The zero-order chi connectivity index (χ0) is 17.1. The Morgan fingerprint density at radius 3 is 1.60 bits per heavy atom. The number of rotatable bonds is 3. The third-order valence-electron chi connectivity index (χ3n) is 4.41. The highest BCUT2D eigenvalue weighted by molar-refractivity contribution is 5.94. The molecule has 0 fully saturated rings. The summed E-state index contributed by atoms with van der Waals surface area (Å²) >= 11 is 0. The van der Waals surface area contributed by atoms with Gasteiger partial charge in [0.1, 0.15) is 0 Å². The second kappa shape index (κ2) is 6.66. The fraction of sp³-hybridized carbons (Fsp3) is 0. The first-order valence-corrected chi connectivity index (χ1v) is 8.43. The molecule has 2 N–H and O–H groups in total. The minimum absolute atomic E-state index is 0.779. The molecular formula is C24H19N. The second-order valence-electron chi connectivity index (χ2n) is 6.09. The molecule has 1 heteroatoms. The lowest BCUT2D eigenvalue weighted by molar-refractivity contribution is 1.56. The van der Waals surface area contributed by atoms with Gasteiger partial charge in [-0.15, -0.1) is 0 Å². The average molecular weight is 321 g/mol.